The van der Waals surface area contributed by atoms with Crippen LogP contribution >= 0.6 is 0 Å². The fourth-order valence-corrected chi connectivity index (χ4v) is 2.03. The van der Waals surface area contributed by atoms with E-state index in [2.05, 4.69) is 28.9 Å². The van der Waals surface area contributed by atoms with Crippen LogP contribution in [0.1, 0.15) is 19.9 Å². The smallest absolute Gasteiger partial charge is 0.213 e. The Hall–Kier alpha value is -2.43. The molecular weight excluding hydrogens is 252 g/mol. The van der Waals surface area contributed by atoms with Crippen LogP contribution in [0.4, 0.5) is 0 Å². The highest BCUT2D eigenvalue weighted by atomic mass is 16.5. The number of aromatic nitrogens is 4. The summed E-state index contributed by atoms with van der Waals surface area (Å²) in [7, 11) is 1.61. The first kappa shape index (κ1) is 12.6. The summed E-state index contributed by atoms with van der Waals surface area (Å²) in [6, 6.07) is 6.07. The third-order valence-electron chi connectivity index (χ3n) is 3.18. The van der Waals surface area contributed by atoms with Gasteiger partial charge in [0.25, 0.3) is 0 Å². The van der Waals surface area contributed by atoms with E-state index in [0.29, 0.717) is 11.9 Å². The fraction of sp³-hybridized carbons (Fsp3) is 0.267. The molecule has 0 aromatic carbocycles. The molecule has 0 spiro atoms. The van der Waals surface area contributed by atoms with Crippen molar-refractivity contribution in [1.29, 1.82) is 0 Å². The van der Waals surface area contributed by atoms with Gasteiger partial charge in [-0.25, -0.2) is 4.98 Å². The van der Waals surface area contributed by atoms with E-state index in [0.717, 1.165) is 22.2 Å². The predicted molar refractivity (Wildman–Crippen MR) is 77.7 cm³/mol. The summed E-state index contributed by atoms with van der Waals surface area (Å²) < 4.78 is 7.08. The van der Waals surface area contributed by atoms with Crippen LogP contribution in [0.25, 0.3) is 22.2 Å². The molecule has 0 fully saturated rings. The average Bonchev–Trinajstić information content (AvgIpc) is 2.96. The van der Waals surface area contributed by atoms with E-state index in [4.69, 9.17) is 4.74 Å². The maximum Gasteiger partial charge on any atom is 0.213 e. The van der Waals surface area contributed by atoms with Crippen LogP contribution < -0.4 is 4.74 Å². The maximum atomic E-state index is 5.15. The molecule has 0 aliphatic rings. The first-order chi connectivity index (χ1) is 9.67. The van der Waals surface area contributed by atoms with Crippen LogP contribution in [0.2, 0.25) is 0 Å². The zero-order valence-corrected chi connectivity index (χ0v) is 11.7. The molecule has 0 N–H and O–H groups in total. The zero-order chi connectivity index (χ0) is 14.1. The summed E-state index contributed by atoms with van der Waals surface area (Å²) >= 11 is 0. The van der Waals surface area contributed by atoms with Crippen molar-refractivity contribution in [3.05, 3.63) is 36.8 Å². The van der Waals surface area contributed by atoms with E-state index in [1.807, 2.05) is 41.5 Å². The molecule has 0 bridgehead atoms. The molecule has 5 heteroatoms. The molecule has 0 aliphatic heterocycles. The summed E-state index contributed by atoms with van der Waals surface area (Å²) in [5, 5.41) is 4.35. The molecule has 3 heterocycles. The Kier molecular flexibility index (Phi) is 3.10. The van der Waals surface area contributed by atoms with Gasteiger partial charge >= 0.3 is 0 Å². The minimum Gasteiger partial charge on any atom is -0.481 e. The van der Waals surface area contributed by atoms with Gasteiger partial charge < -0.3 is 4.74 Å². The monoisotopic (exact) mass is 268 g/mol. The molecular formula is C15H16N4O. The molecule has 3 rings (SSSR count). The van der Waals surface area contributed by atoms with Crippen LogP contribution in [0.15, 0.2) is 36.8 Å². The molecule has 3 aromatic heterocycles. The quantitative estimate of drug-likeness (QED) is 0.732. The average molecular weight is 268 g/mol. The van der Waals surface area contributed by atoms with Crippen molar-refractivity contribution < 1.29 is 4.74 Å². The number of hydrogen-bond donors (Lipinski definition) is 0. The van der Waals surface area contributed by atoms with E-state index in [9.17, 15) is 0 Å². The van der Waals surface area contributed by atoms with Gasteiger partial charge in [0, 0.05) is 35.6 Å². The lowest BCUT2D eigenvalue weighted by molar-refractivity contribution is 0.399. The van der Waals surface area contributed by atoms with Crippen LogP contribution in [-0.2, 0) is 0 Å². The third kappa shape index (κ3) is 2.22. The SMILES string of the molecule is COc1ccc2ncc(-c3cnn(C(C)C)c3)cc2n1. The molecule has 0 amide bonds. The Labute approximate surface area is 117 Å². The van der Waals surface area contributed by atoms with Crippen molar-refractivity contribution in [2.24, 2.45) is 0 Å². The van der Waals surface area contributed by atoms with Gasteiger partial charge in [0.15, 0.2) is 0 Å². The summed E-state index contributed by atoms with van der Waals surface area (Å²) in [5.41, 5.74) is 3.72. The fourth-order valence-electron chi connectivity index (χ4n) is 2.03. The Bertz CT molecular complexity index is 748. The highest BCUT2D eigenvalue weighted by molar-refractivity contribution is 5.80. The first-order valence-electron chi connectivity index (χ1n) is 6.52. The number of hydrogen-bond acceptors (Lipinski definition) is 4. The second-order valence-electron chi connectivity index (χ2n) is 4.92. The van der Waals surface area contributed by atoms with Gasteiger partial charge in [-0.1, -0.05) is 0 Å². The second kappa shape index (κ2) is 4.92. The Morgan fingerprint density at radius 2 is 1.95 bits per heavy atom. The minimum absolute atomic E-state index is 0.343. The molecule has 0 aliphatic carbocycles. The Balaban J connectivity index is 2.06. The van der Waals surface area contributed by atoms with Gasteiger partial charge in [0.1, 0.15) is 0 Å². The topological polar surface area (TPSA) is 52.8 Å². The van der Waals surface area contributed by atoms with Crippen LogP contribution in [0.3, 0.4) is 0 Å². The number of ether oxygens (including phenoxy) is 1. The molecule has 3 aromatic rings. The van der Waals surface area contributed by atoms with Gasteiger partial charge in [-0.3, -0.25) is 9.67 Å². The minimum atomic E-state index is 0.343. The highest BCUT2D eigenvalue weighted by Crippen LogP contribution is 2.23. The Morgan fingerprint density at radius 1 is 1.10 bits per heavy atom. The summed E-state index contributed by atoms with van der Waals surface area (Å²) in [6.45, 7) is 4.20. The molecule has 5 nitrogen and oxygen atoms in total. The molecule has 0 radical (unpaired) electrons. The number of rotatable bonds is 3. The summed E-state index contributed by atoms with van der Waals surface area (Å²) in [6.07, 6.45) is 5.72. The largest absolute Gasteiger partial charge is 0.481 e. The molecule has 0 atom stereocenters. The molecule has 0 saturated heterocycles. The van der Waals surface area contributed by atoms with Gasteiger partial charge in [-0.05, 0) is 26.0 Å². The number of methoxy groups -OCH3 is 1. The zero-order valence-electron chi connectivity index (χ0n) is 11.7. The summed E-state index contributed by atoms with van der Waals surface area (Å²) in [4.78, 5) is 8.84. The van der Waals surface area contributed by atoms with Gasteiger partial charge in [0.05, 0.1) is 24.3 Å². The lowest BCUT2D eigenvalue weighted by atomic mass is 10.1. The van der Waals surface area contributed by atoms with E-state index >= 15 is 0 Å². The van der Waals surface area contributed by atoms with Crippen molar-refractivity contribution >= 4 is 11.0 Å². The maximum absolute atomic E-state index is 5.15. The standard InChI is InChI=1S/C15H16N4O/c1-10(2)19-9-12(8-17-19)11-6-14-13(16-7-11)4-5-15(18-14)20-3/h4-10H,1-3H3. The van der Waals surface area contributed by atoms with Crippen molar-refractivity contribution in [2.75, 3.05) is 7.11 Å². The normalized spacial score (nSPS) is 11.2. The molecule has 102 valence electrons. The van der Waals surface area contributed by atoms with Gasteiger partial charge in [-0.2, -0.15) is 5.10 Å². The molecule has 0 unspecified atom stereocenters. The highest BCUT2D eigenvalue weighted by Gasteiger charge is 2.07. The van der Waals surface area contributed by atoms with Crippen LogP contribution in [0.5, 0.6) is 5.88 Å². The molecule has 20 heavy (non-hydrogen) atoms. The number of pyridine rings is 2. The van der Waals surface area contributed by atoms with Gasteiger partial charge in [-0.15, -0.1) is 0 Å². The van der Waals surface area contributed by atoms with Crippen molar-refractivity contribution in [3.63, 3.8) is 0 Å². The molecule has 0 saturated carbocycles. The van der Waals surface area contributed by atoms with Crippen LogP contribution in [-0.4, -0.2) is 26.9 Å². The predicted octanol–water partition coefficient (Wildman–Crippen LogP) is 3.08. The van der Waals surface area contributed by atoms with E-state index in [1.165, 1.54) is 0 Å². The lowest BCUT2D eigenvalue weighted by Crippen LogP contribution is -1.99. The van der Waals surface area contributed by atoms with Gasteiger partial charge in [0.2, 0.25) is 5.88 Å². The van der Waals surface area contributed by atoms with E-state index < -0.39 is 0 Å². The summed E-state index contributed by atoms with van der Waals surface area (Å²) in [5.74, 6) is 0.592. The van der Waals surface area contributed by atoms with Crippen LogP contribution in [0, 0.1) is 0 Å². The first-order valence-corrected chi connectivity index (χ1v) is 6.52. The third-order valence-corrected chi connectivity index (χ3v) is 3.18. The van der Waals surface area contributed by atoms with E-state index in [1.54, 1.807) is 7.11 Å². The van der Waals surface area contributed by atoms with Crippen molar-refractivity contribution in [2.45, 2.75) is 19.9 Å². The van der Waals surface area contributed by atoms with Crippen molar-refractivity contribution in [1.82, 2.24) is 19.7 Å². The van der Waals surface area contributed by atoms with E-state index in [-0.39, 0.29) is 0 Å². The number of fused-ring (bicyclic) bond motifs is 1. The van der Waals surface area contributed by atoms with Crippen molar-refractivity contribution in [3.8, 4) is 17.0 Å². The lowest BCUT2D eigenvalue weighted by Gasteiger charge is -2.04. The second-order valence-corrected chi connectivity index (χ2v) is 4.92. The number of nitrogens with zero attached hydrogens (tertiary/aromatic N) is 4. The Morgan fingerprint density at radius 3 is 2.65 bits per heavy atom.